The molecule has 1 fully saturated rings. The molecule has 6 nitrogen and oxygen atoms in total. The first-order valence-electron chi connectivity index (χ1n) is 10.8. The van der Waals surface area contributed by atoms with Crippen molar-refractivity contribution >= 4 is 14.0 Å². The average Bonchev–Trinajstić information content (AvgIpc) is 3.29. The van der Waals surface area contributed by atoms with Crippen LogP contribution in [0.2, 0.25) is 25.7 Å². The second kappa shape index (κ2) is 10.4. The molecule has 2 aliphatic heterocycles. The van der Waals surface area contributed by atoms with Gasteiger partial charge in [-0.3, -0.25) is 14.7 Å². The van der Waals surface area contributed by atoms with Crippen LogP contribution in [0, 0.1) is 11.6 Å². The fraction of sp³-hybridized carbons (Fsp3) is 0.591. The normalized spacial score (nSPS) is 24.0. The standard InChI is InChI=1S/C22H32F3N3O3Si/c1-30-14-22(29)28-21(7-8-26(28)15-31-9-10-32(2,3)4)27-13-17(24)12-20(27)18-11-16(23)5-6-19(18)25/h5-8,11,17,20-21H,9-10,12-15H2,1-4H3/t17-,20+,21?/m0/s1. The van der Waals surface area contributed by atoms with Crippen LogP contribution in [0.25, 0.3) is 0 Å². The van der Waals surface area contributed by atoms with Gasteiger partial charge in [0.15, 0.2) is 0 Å². The van der Waals surface area contributed by atoms with Crippen LogP contribution < -0.4 is 0 Å². The van der Waals surface area contributed by atoms with Crippen molar-refractivity contribution in [2.75, 3.05) is 33.6 Å². The number of carbonyl (C=O) groups is 1. The summed E-state index contributed by atoms with van der Waals surface area (Å²) in [5.74, 6) is -1.52. The molecule has 0 aromatic heterocycles. The SMILES string of the molecule is COCC(=O)N1C(N2C[C@@H](F)C[C@@H]2c2cc(F)ccc2F)C=CN1COCC[Si](C)(C)C. The maximum atomic E-state index is 14.5. The second-order valence-electron chi connectivity index (χ2n) is 9.43. The smallest absolute Gasteiger partial charge is 0.268 e. The molecule has 3 rings (SSSR count). The van der Waals surface area contributed by atoms with Gasteiger partial charge in [-0.15, -0.1) is 0 Å². The number of ether oxygens (including phenoxy) is 2. The zero-order valence-corrected chi connectivity index (χ0v) is 20.1. The summed E-state index contributed by atoms with van der Waals surface area (Å²) in [6, 6.07) is 3.46. The van der Waals surface area contributed by atoms with Crippen LogP contribution in [0.15, 0.2) is 30.5 Å². The Labute approximate surface area is 188 Å². The molecule has 0 radical (unpaired) electrons. The highest BCUT2D eigenvalue weighted by Crippen LogP contribution is 2.39. The van der Waals surface area contributed by atoms with E-state index in [9.17, 15) is 18.0 Å². The van der Waals surface area contributed by atoms with E-state index in [1.165, 1.54) is 12.1 Å². The highest BCUT2D eigenvalue weighted by atomic mass is 28.3. The number of nitrogens with zero attached hydrogens (tertiary/aromatic N) is 3. The van der Waals surface area contributed by atoms with Gasteiger partial charge >= 0.3 is 0 Å². The third kappa shape index (κ3) is 5.92. The van der Waals surface area contributed by atoms with Crippen molar-refractivity contribution in [3.63, 3.8) is 0 Å². The lowest BCUT2D eigenvalue weighted by molar-refractivity contribution is -0.166. The summed E-state index contributed by atoms with van der Waals surface area (Å²) in [6.07, 6.45) is 1.59. The van der Waals surface area contributed by atoms with E-state index >= 15 is 0 Å². The lowest BCUT2D eigenvalue weighted by Crippen LogP contribution is -2.54. The molecule has 32 heavy (non-hydrogen) atoms. The van der Waals surface area contributed by atoms with Gasteiger partial charge in [0.1, 0.15) is 37.3 Å². The van der Waals surface area contributed by atoms with E-state index in [1.807, 2.05) is 0 Å². The minimum Gasteiger partial charge on any atom is -0.375 e. The van der Waals surface area contributed by atoms with Gasteiger partial charge in [0, 0.05) is 46.1 Å². The van der Waals surface area contributed by atoms with Gasteiger partial charge in [-0.05, 0) is 36.7 Å². The predicted molar refractivity (Wildman–Crippen MR) is 118 cm³/mol. The van der Waals surface area contributed by atoms with Crippen LogP contribution in [0.3, 0.4) is 0 Å². The lowest BCUT2D eigenvalue weighted by atomic mass is 10.0. The van der Waals surface area contributed by atoms with Crippen LogP contribution in [-0.4, -0.2) is 74.8 Å². The first-order chi connectivity index (χ1) is 15.1. The number of likely N-dealkylation sites (tertiary alicyclic amines) is 1. The summed E-state index contributed by atoms with van der Waals surface area (Å²) < 4.78 is 53.6. The minimum atomic E-state index is -1.26. The number of hydrogen-bond acceptors (Lipinski definition) is 5. The number of halogens is 3. The summed E-state index contributed by atoms with van der Waals surface area (Å²) >= 11 is 0. The first-order valence-corrected chi connectivity index (χ1v) is 14.5. The number of benzene rings is 1. The summed E-state index contributed by atoms with van der Waals surface area (Å²) in [5, 5.41) is 3.07. The molecule has 0 saturated carbocycles. The maximum Gasteiger partial charge on any atom is 0.268 e. The van der Waals surface area contributed by atoms with Crippen LogP contribution in [-0.2, 0) is 14.3 Å². The highest BCUT2D eigenvalue weighted by molar-refractivity contribution is 6.76. The van der Waals surface area contributed by atoms with Gasteiger partial charge < -0.3 is 9.47 Å². The van der Waals surface area contributed by atoms with Crippen LogP contribution in [0.5, 0.6) is 0 Å². The predicted octanol–water partition coefficient (Wildman–Crippen LogP) is 3.91. The zero-order valence-electron chi connectivity index (χ0n) is 19.1. The molecule has 0 bridgehead atoms. The number of hydrazine groups is 1. The molecule has 0 aliphatic carbocycles. The molecule has 1 aromatic rings. The summed E-state index contributed by atoms with van der Waals surface area (Å²) in [5.41, 5.74) is 0.0857. The Morgan fingerprint density at radius 3 is 2.69 bits per heavy atom. The molecule has 3 atom stereocenters. The summed E-state index contributed by atoms with van der Waals surface area (Å²) in [4.78, 5) is 14.6. The van der Waals surface area contributed by atoms with E-state index in [2.05, 4.69) is 19.6 Å². The van der Waals surface area contributed by atoms with Crippen molar-refractivity contribution in [2.24, 2.45) is 0 Å². The Kier molecular flexibility index (Phi) is 8.02. The van der Waals surface area contributed by atoms with E-state index < -0.39 is 38.1 Å². The second-order valence-corrected chi connectivity index (χ2v) is 15.0. The quantitative estimate of drug-likeness (QED) is 0.404. The van der Waals surface area contributed by atoms with Crippen molar-refractivity contribution in [2.45, 2.75) is 50.5 Å². The molecule has 1 amide bonds. The van der Waals surface area contributed by atoms with E-state index in [4.69, 9.17) is 9.47 Å². The monoisotopic (exact) mass is 471 g/mol. The minimum absolute atomic E-state index is 0.00326. The number of amides is 1. The Hall–Kier alpha value is -1.88. The van der Waals surface area contributed by atoms with Gasteiger partial charge in [0.25, 0.3) is 5.91 Å². The first kappa shape index (κ1) is 24.8. The van der Waals surface area contributed by atoms with E-state index in [0.717, 1.165) is 24.2 Å². The Balaban J connectivity index is 1.80. The van der Waals surface area contributed by atoms with Crippen molar-refractivity contribution < 1.29 is 27.4 Å². The molecule has 0 N–H and O–H groups in total. The fourth-order valence-electron chi connectivity index (χ4n) is 4.03. The van der Waals surface area contributed by atoms with E-state index in [-0.39, 0.29) is 37.8 Å². The molecular weight excluding hydrogens is 439 g/mol. The van der Waals surface area contributed by atoms with Crippen molar-refractivity contribution in [1.29, 1.82) is 0 Å². The Morgan fingerprint density at radius 1 is 1.25 bits per heavy atom. The Morgan fingerprint density at radius 2 is 2.00 bits per heavy atom. The molecule has 1 unspecified atom stereocenters. The molecule has 1 aromatic carbocycles. The summed E-state index contributed by atoms with van der Waals surface area (Å²) in [6.45, 7) is 7.31. The molecule has 178 valence electrons. The third-order valence-corrected chi connectivity index (χ3v) is 7.35. The van der Waals surface area contributed by atoms with Crippen LogP contribution in [0.4, 0.5) is 13.2 Å². The van der Waals surface area contributed by atoms with Gasteiger partial charge in [-0.25, -0.2) is 18.2 Å². The van der Waals surface area contributed by atoms with Gasteiger partial charge in [-0.2, -0.15) is 0 Å². The topological polar surface area (TPSA) is 45.2 Å². The zero-order chi connectivity index (χ0) is 23.5. The van der Waals surface area contributed by atoms with Gasteiger partial charge in [0.2, 0.25) is 0 Å². The molecule has 2 heterocycles. The van der Waals surface area contributed by atoms with Gasteiger partial charge in [-0.1, -0.05) is 19.6 Å². The van der Waals surface area contributed by atoms with Crippen molar-refractivity contribution in [3.05, 3.63) is 47.7 Å². The summed E-state index contributed by atoms with van der Waals surface area (Å²) in [7, 11) is 0.158. The third-order valence-electron chi connectivity index (χ3n) is 5.65. The Bertz CT molecular complexity index is 836. The van der Waals surface area contributed by atoms with Crippen LogP contribution >= 0.6 is 0 Å². The van der Waals surface area contributed by atoms with E-state index in [1.54, 1.807) is 22.2 Å². The maximum absolute atomic E-state index is 14.5. The molecule has 2 aliphatic rings. The van der Waals surface area contributed by atoms with Crippen molar-refractivity contribution in [1.82, 2.24) is 14.9 Å². The van der Waals surface area contributed by atoms with Gasteiger partial charge in [0.05, 0.1) is 0 Å². The fourth-order valence-corrected chi connectivity index (χ4v) is 4.79. The number of methoxy groups -OCH3 is 1. The number of carbonyl (C=O) groups excluding carboxylic acids is 1. The molecule has 10 heteroatoms. The average molecular weight is 472 g/mol. The number of rotatable bonds is 9. The molecular formula is C22H32F3N3O3Si. The van der Waals surface area contributed by atoms with E-state index in [0.29, 0.717) is 6.61 Å². The molecule has 0 spiro atoms. The highest BCUT2D eigenvalue weighted by Gasteiger charge is 2.44. The molecule has 1 saturated heterocycles. The number of alkyl halides is 1. The van der Waals surface area contributed by atoms with Crippen LogP contribution in [0.1, 0.15) is 18.0 Å². The number of hydrogen-bond donors (Lipinski definition) is 0. The lowest BCUT2D eigenvalue weighted by Gasteiger charge is -2.39. The van der Waals surface area contributed by atoms with Crippen molar-refractivity contribution in [3.8, 4) is 0 Å². The largest absolute Gasteiger partial charge is 0.375 e.